The van der Waals surface area contributed by atoms with Crippen LogP contribution < -0.4 is 4.72 Å². The fourth-order valence-corrected chi connectivity index (χ4v) is 4.37. The number of nitrogens with one attached hydrogen (secondary N) is 1. The molecule has 0 spiro atoms. The number of aromatic nitrogens is 4. The van der Waals surface area contributed by atoms with Crippen molar-refractivity contribution in [3.63, 3.8) is 0 Å². The molecule has 0 aliphatic carbocycles. The number of benzene rings is 2. The third kappa shape index (κ3) is 4.88. The van der Waals surface area contributed by atoms with Gasteiger partial charge in [0.05, 0.1) is 4.90 Å². The fourth-order valence-electron chi connectivity index (χ4n) is 2.92. The van der Waals surface area contributed by atoms with Crippen LogP contribution >= 0.6 is 22.6 Å². The van der Waals surface area contributed by atoms with Crippen molar-refractivity contribution in [2.24, 2.45) is 0 Å². The smallest absolute Gasteiger partial charge is 0.253 e. The van der Waals surface area contributed by atoms with E-state index in [0.717, 1.165) is 14.7 Å². The van der Waals surface area contributed by atoms with Gasteiger partial charge in [-0.15, -0.1) is 0 Å². The Morgan fingerprint density at radius 2 is 1.61 bits per heavy atom. The lowest BCUT2D eigenvalue weighted by molar-refractivity contribution is 0.600. The van der Waals surface area contributed by atoms with Gasteiger partial charge in [-0.25, -0.2) is 18.1 Å². The molecular weight excluding hydrogens is 525 g/mol. The summed E-state index contributed by atoms with van der Waals surface area (Å²) in [5.41, 5.74) is 3.70. The Balaban J connectivity index is 1.61. The van der Waals surface area contributed by atoms with Gasteiger partial charge in [-0.1, -0.05) is 30.3 Å². The number of nitrogens with zero attached hydrogens (tertiary/aromatic N) is 4. The van der Waals surface area contributed by atoms with Crippen molar-refractivity contribution in [1.82, 2.24) is 19.9 Å². The molecule has 0 atom stereocenters. The summed E-state index contributed by atoms with van der Waals surface area (Å²) in [6.45, 7) is 3.72. The minimum atomic E-state index is -3.87. The Morgan fingerprint density at radius 3 is 2.29 bits per heavy atom. The molecule has 156 valence electrons. The van der Waals surface area contributed by atoms with E-state index in [1.54, 1.807) is 49.5 Å². The molecule has 0 fully saturated rings. The molecule has 0 amide bonds. The van der Waals surface area contributed by atoms with Gasteiger partial charge in [-0.05, 0) is 83.5 Å². The predicted molar refractivity (Wildman–Crippen MR) is 128 cm³/mol. The van der Waals surface area contributed by atoms with Gasteiger partial charge < -0.3 is 0 Å². The van der Waals surface area contributed by atoms with Crippen molar-refractivity contribution < 1.29 is 8.42 Å². The van der Waals surface area contributed by atoms with Gasteiger partial charge in [-0.3, -0.25) is 4.98 Å². The molecule has 0 saturated carbocycles. The second-order valence-corrected chi connectivity index (χ2v) is 9.68. The largest absolute Gasteiger partial charge is 0.264 e. The van der Waals surface area contributed by atoms with E-state index in [0.29, 0.717) is 17.3 Å². The Morgan fingerprint density at radius 1 is 0.871 bits per heavy atom. The quantitative estimate of drug-likeness (QED) is 0.369. The van der Waals surface area contributed by atoms with Crippen LogP contribution in [0.5, 0.6) is 0 Å². The standard InChI is InChI=1S/C22H18IN5O2S/c1-14-6-7-17(13-19(14)23)16-8-10-18(11-9-16)31(29,30)28-22-26-15(2)25-21(27-22)20-5-3-4-12-24-20/h3-13H,1-2H3,(H,25,26,27,28). The second kappa shape index (κ2) is 8.67. The van der Waals surface area contributed by atoms with Gasteiger partial charge in [0.25, 0.3) is 10.0 Å². The third-order valence-corrected chi connectivity index (χ3v) is 7.04. The molecule has 4 aromatic rings. The zero-order valence-corrected chi connectivity index (χ0v) is 19.7. The van der Waals surface area contributed by atoms with Crippen LogP contribution in [0.15, 0.2) is 71.8 Å². The normalized spacial score (nSPS) is 11.3. The van der Waals surface area contributed by atoms with Crippen LogP contribution in [0.4, 0.5) is 5.95 Å². The van der Waals surface area contributed by atoms with Gasteiger partial charge in [0, 0.05) is 9.77 Å². The van der Waals surface area contributed by atoms with E-state index in [1.165, 1.54) is 5.56 Å². The number of rotatable bonds is 5. The van der Waals surface area contributed by atoms with Crippen molar-refractivity contribution in [3.05, 3.63) is 81.8 Å². The van der Waals surface area contributed by atoms with Crippen LogP contribution in [0.3, 0.4) is 0 Å². The number of sulfonamides is 1. The number of hydrogen-bond acceptors (Lipinski definition) is 6. The SMILES string of the molecule is Cc1nc(NS(=O)(=O)c2ccc(-c3ccc(C)c(I)c3)cc2)nc(-c2ccccn2)n1. The van der Waals surface area contributed by atoms with Crippen LogP contribution in [0.25, 0.3) is 22.6 Å². The maximum Gasteiger partial charge on any atom is 0.264 e. The lowest BCUT2D eigenvalue weighted by Crippen LogP contribution is -2.16. The highest BCUT2D eigenvalue weighted by atomic mass is 127. The molecule has 4 rings (SSSR count). The van der Waals surface area contributed by atoms with Crippen molar-refractivity contribution in [2.75, 3.05) is 4.72 Å². The summed E-state index contributed by atoms with van der Waals surface area (Å²) in [4.78, 5) is 16.9. The Hall–Kier alpha value is -2.92. The van der Waals surface area contributed by atoms with Crippen LogP contribution in [0, 0.1) is 17.4 Å². The summed E-state index contributed by atoms with van der Waals surface area (Å²) in [6.07, 6.45) is 1.62. The van der Waals surface area contributed by atoms with E-state index < -0.39 is 10.0 Å². The molecule has 0 radical (unpaired) electrons. The first-order valence-corrected chi connectivity index (χ1v) is 11.9. The molecular formula is C22H18IN5O2S. The molecule has 9 heteroatoms. The first-order valence-electron chi connectivity index (χ1n) is 9.35. The highest BCUT2D eigenvalue weighted by molar-refractivity contribution is 14.1. The lowest BCUT2D eigenvalue weighted by Gasteiger charge is -2.10. The molecule has 2 aromatic carbocycles. The maximum atomic E-state index is 12.9. The monoisotopic (exact) mass is 543 g/mol. The van der Waals surface area contributed by atoms with E-state index in [-0.39, 0.29) is 10.8 Å². The van der Waals surface area contributed by atoms with Crippen LogP contribution in [-0.4, -0.2) is 28.4 Å². The Bertz CT molecular complexity index is 1340. The topological polar surface area (TPSA) is 97.7 Å². The van der Waals surface area contributed by atoms with Crippen LogP contribution in [0.1, 0.15) is 11.4 Å². The fraction of sp³-hybridized carbons (Fsp3) is 0.0909. The number of aryl methyl sites for hydroxylation is 2. The van der Waals surface area contributed by atoms with Crippen LogP contribution in [0.2, 0.25) is 0 Å². The number of pyridine rings is 1. The van der Waals surface area contributed by atoms with Crippen molar-refractivity contribution >= 4 is 38.6 Å². The van der Waals surface area contributed by atoms with E-state index in [1.807, 2.05) is 18.2 Å². The van der Waals surface area contributed by atoms with Crippen molar-refractivity contribution in [2.45, 2.75) is 18.7 Å². The maximum absolute atomic E-state index is 12.9. The summed E-state index contributed by atoms with van der Waals surface area (Å²) < 4.78 is 29.4. The first kappa shape index (κ1) is 21.3. The molecule has 1 N–H and O–H groups in total. The highest BCUT2D eigenvalue weighted by Gasteiger charge is 2.17. The molecule has 2 heterocycles. The van der Waals surface area contributed by atoms with Gasteiger partial charge >= 0.3 is 0 Å². The van der Waals surface area contributed by atoms with E-state index in [9.17, 15) is 8.42 Å². The number of halogens is 1. The summed E-state index contributed by atoms with van der Waals surface area (Å²) in [5, 5.41) is 0. The predicted octanol–water partition coefficient (Wildman–Crippen LogP) is 4.62. The number of hydrogen-bond donors (Lipinski definition) is 1. The van der Waals surface area contributed by atoms with Gasteiger partial charge in [0.2, 0.25) is 5.95 Å². The molecule has 0 aliphatic heterocycles. The van der Waals surface area contributed by atoms with Gasteiger partial charge in [-0.2, -0.15) is 9.97 Å². The van der Waals surface area contributed by atoms with Crippen LogP contribution in [-0.2, 0) is 10.0 Å². The minimum Gasteiger partial charge on any atom is -0.253 e. The third-order valence-electron chi connectivity index (χ3n) is 4.54. The zero-order chi connectivity index (χ0) is 22.0. The molecule has 31 heavy (non-hydrogen) atoms. The summed E-state index contributed by atoms with van der Waals surface area (Å²) in [5.74, 6) is 0.637. The van der Waals surface area contributed by atoms with E-state index in [4.69, 9.17) is 0 Å². The van der Waals surface area contributed by atoms with Crippen molar-refractivity contribution in [3.8, 4) is 22.6 Å². The summed E-state index contributed by atoms with van der Waals surface area (Å²) in [6, 6.07) is 18.2. The summed E-state index contributed by atoms with van der Waals surface area (Å²) >= 11 is 2.29. The molecule has 0 aliphatic rings. The second-order valence-electron chi connectivity index (χ2n) is 6.84. The Kier molecular flexibility index (Phi) is 5.96. The molecule has 0 saturated heterocycles. The lowest BCUT2D eigenvalue weighted by atomic mass is 10.0. The minimum absolute atomic E-state index is 0.0506. The van der Waals surface area contributed by atoms with E-state index in [2.05, 4.69) is 60.2 Å². The molecule has 0 unspecified atom stereocenters. The zero-order valence-electron chi connectivity index (χ0n) is 16.7. The molecule has 7 nitrogen and oxygen atoms in total. The number of anilines is 1. The van der Waals surface area contributed by atoms with Gasteiger partial charge in [0.15, 0.2) is 5.82 Å². The first-order chi connectivity index (χ1) is 14.8. The highest BCUT2D eigenvalue weighted by Crippen LogP contribution is 2.25. The van der Waals surface area contributed by atoms with E-state index >= 15 is 0 Å². The molecule has 0 bridgehead atoms. The summed E-state index contributed by atoms with van der Waals surface area (Å²) in [7, 11) is -3.87. The van der Waals surface area contributed by atoms with Gasteiger partial charge in [0.1, 0.15) is 11.5 Å². The van der Waals surface area contributed by atoms with Crippen molar-refractivity contribution in [1.29, 1.82) is 0 Å². The average Bonchev–Trinajstić information content (AvgIpc) is 2.76. The molecule has 2 aromatic heterocycles. The average molecular weight is 543 g/mol. The Labute approximate surface area is 194 Å².